The SMILES string of the molecule is C/C=C/CCCCCc1cc(CCl)c(CCCCC/C=C/C)cc1CCl. The van der Waals surface area contributed by atoms with Gasteiger partial charge in [0, 0.05) is 11.8 Å². The summed E-state index contributed by atoms with van der Waals surface area (Å²) in [4.78, 5) is 0. The van der Waals surface area contributed by atoms with E-state index < -0.39 is 0 Å². The van der Waals surface area contributed by atoms with E-state index in [4.69, 9.17) is 23.2 Å². The summed E-state index contributed by atoms with van der Waals surface area (Å²) in [6.07, 6.45) is 21.0. The van der Waals surface area contributed by atoms with Crippen molar-refractivity contribution in [2.45, 2.75) is 89.8 Å². The molecule has 1 aromatic carbocycles. The van der Waals surface area contributed by atoms with Crippen LogP contribution >= 0.6 is 23.2 Å². The Kier molecular flexibility index (Phi) is 13.8. The van der Waals surface area contributed by atoms with Gasteiger partial charge in [0.2, 0.25) is 0 Å². The van der Waals surface area contributed by atoms with Crippen LogP contribution in [0.1, 0.15) is 87.5 Å². The van der Waals surface area contributed by atoms with Crippen LogP contribution < -0.4 is 0 Å². The average molecular weight is 395 g/mol. The zero-order valence-corrected chi connectivity index (χ0v) is 18.2. The largest absolute Gasteiger partial charge is 0.122 e. The zero-order chi connectivity index (χ0) is 19.0. The molecule has 0 saturated carbocycles. The molecular weight excluding hydrogens is 359 g/mol. The number of halogens is 2. The lowest BCUT2D eigenvalue weighted by Gasteiger charge is -2.14. The van der Waals surface area contributed by atoms with Crippen molar-refractivity contribution in [1.29, 1.82) is 0 Å². The third-order valence-corrected chi connectivity index (χ3v) is 5.49. The molecule has 26 heavy (non-hydrogen) atoms. The van der Waals surface area contributed by atoms with E-state index in [0.29, 0.717) is 11.8 Å². The predicted molar refractivity (Wildman–Crippen MR) is 120 cm³/mol. The highest BCUT2D eigenvalue weighted by Crippen LogP contribution is 2.24. The number of rotatable bonds is 14. The molecular formula is C24H36Cl2. The molecule has 0 atom stereocenters. The smallest absolute Gasteiger partial charge is 0.0476 e. The molecule has 1 rings (SSSR count). The van der Waals surface area contributed by atoms with E-state index >= 15 is 0 Å². The first kappa shape index (κ1) is 23.3. The van der Waals surface area contributed by atoms with Crippen LogP contribution in [0.3, 0.4) is 0 Å². The Morgan fingerprint density at radius 3 is 1.38 bits per heavy atom. The van der Waals surface area contributed by atoms with Crippen molar-refractivity contribution in [3.05, 3.63) is 58.7 Å². The van der Waals surface area contributed by atoms with E-state index in [1.54, 1.807) is 0 Å². The third-order valence-electron chi connectivity index (χ3n) is 4.91. The predicted octanol–water partition coefficient (Wildman–Crippen LogP) is 8.52. The lowest BCUT2D eigenvalue weighted by molar-refractivity contribution is 0.679. The van der Waals surface area contributed by atoms with Crippen LogP contribution in [0.2, 0.25) is 0 Å². The minimum atomic E-state index is 0.602. The summed E-state index contributed by atoms with van der Waals surface area (Å²) in [6.45, 7) is 4.18. The Morgan fingerprint density at radius 2 is 1.04 bits per heavy atom. The van der Waals surface area contributed by atoms with E-state index in [9.17, 15) is 0 Å². The van der Waals surface area contributed by atoms with Crippen molar-refractivity contribution in [2.24, 2.45) is 0 Å². The molecule has 0 aliphatic rings. The molecule has 146 valence electrons. The van der Waals surface area contributed by atoms with Crippen LogP contribution in [0, 0.1) is 0 Å². The Morgan fingerprint density at radius 1 is 0.615 bits per heavy atom. The van der Waals surface area contributed by atoms with Gasteiger partial charge in [-0.15, -0.1) is 23.2 Å². The molecule has 0 heterocycles. The number of hydrogen-bond donors (Lipinski definition) is 0. The van der Waals surface area contributed by atoms with Crippen molar-refractivity contribution in [3.8, 4) is 0 Å². The van der Waals surface area contributed by atoms with Gasteiger partial charge in [-0.3, -0.25) is 0 Å². The normalized spacial score (nSPS) is 11.8. The molecule has 1 aromatic rings. The minimum absolute atomic E-state index is 0.602. The second kappa shape index (κ2) is 15.3. The molecule has 0 aliphatic heterocycles. The summed E-state index contributed by atoms with van der Waals surface area (Å²) in [5.41, 5.74) is 5.41. The number of allylic oxidation sites excluding steroid dienone is 4. The second-order valence-corrected chi connectivity index (χ2v) is 7.53. The molecule has 0 radical (unpaired) electrons. The van der Waals surface area contributed by atoms with Crippen LogP contribution in [0.25, 0.3) is 0 Å². The molecule has 0 bridgehead atoms. The van der Waals surface area contributed by atoms with Crippen molar-refractivity contribution >= 4 is 23.2 Å². The van der Waals surface area contributed by atoms with Gasteiger partial charge in [-0.1, -0.05) is 49.3 Å². The van der Waals surface area contributed by atoms with Crippen LogP contribution in [0.4, 0.5) is 0 Å². The van der Waals surface area contributed by atoms with Gasteiger partial charge in [-0.05, 0) is 87.5 Å². The van der Waals surface area contributed by atoms with Gasteiger partial charge >= 0.3 is 0 Å². The Bertz CT molecular complexity index is 494. The molecule has 0 nitrogen and oxygen atoms in total. The van der Waals surface area contributed by atoms with Gasteiger partial charge in [0.1, 0.15) is 0 Å². The quantitative estimate of drug-likeness (QED) is 0.168. The van der Waals surface area contributed by atoms with Crippen LogP contribution in [0.5, 0.6) is 0 Å². The summed E-state index contributed by atoms with van der Waals surface area (Å²) >= 11 is 12.5. The van der Waals surface area contributed by atoms with Crippen LogP contribution in [0.15, 0.2) is 36.4 Å². The lowest BCUT2D eigenvalue weighted by Crippen LogP contribution is -2.00. The highest BCUT2D eigenvalue weighted by molar-refractivity contribution is 6.17. The van der Waals surface area contributed by atoms with Crippen molar-refractivity contribution in [1.82, 2.24) is 0 Å². The molecule has 0 aliphatic carbocycles. The highest BCUT2D eigenvalue weighted by atomic mass is 35.5. The Labute approximate surface area is 171 Å². The molecule has 0 aromatic heterocycles. The number of aryl methyl sites for hydroxylation is 2. The number of unbranched alkanes of at least 4 members (excludes halogenated alkanes) is 6. The van der Waals surface area contributed by atoms with Gasteiger partial charge in [-0.2, -0.15) is 0 Å². The summed E-state index contributed by atoms with van der Waals surface area (Å²) < 4.78 is 0. The van der Waals surface area contributed by atoms with Crippen LogP contribution in [-0.2, 0) is 24.6 Å². The monoisotopic (exact) mass is 394 g/mol. The Hall–Kier alpha value is -0.720. The lowest BCUT2D eigenvalue weighted by atomic mass is 9.93. The zero-order valence-electron chi connectivity index (χ0n) is 16.7. The number of alkyl halides is 2. The topological polar surface area (TPSA) is 0 Å². The van der Waals surface area contributed by atoms with E-state index in [1.165, 1.54) is 73.6 Å². The fraction of sp³-hybridized carbons (Fsp3) is 0.583. The van der Waals surface area contributed by atoms with E-state index in [-0.39, 0.29) is 0 Å². The van der Waals surface area contributed by atoms with E-state index in [2.05, 4.69) is 50.3 Å². The first-order chi connectivity index (χ1) is 12.8. The maximum atomic E-state index is 6.25. The van der Waals surface area contributed by atoms with E-state index in [1.807, 2.05) is 0 Å². The van der Waals surface area contributed by atoms with Crippen LogP contribution in [-0.4, -0.2) is 0 Å². The van der Waals surface area contributed by atoms with Gasteiger partial charge in [0.25, 0.3) is 0 Å². The molecule has 0 spiro atoms. The van der Waals surface area contributed by atoms with E-state index in [0.717, 1.165) is 12.8 Å². The van der Waals surface area contributed by atoms with Crippen molar-refractivity contribution < 1.29 is 0 Å². The summed E-state index contributed by atoms with van der Waals surface area (Å²) in [5, 5.41) is 0. The van der Waals surface area contributed by atoms with Gasteiger partial charge in [0.15, 0.2) is 0 Å². The average Bonchev–Trinajstić information content (AvgIpc) is 2.67. The molecule has 0 saturated heterocycles. The Balaban J connectivity index is 2.58. The first-order valence-corrected chi connectivity index (χ1v) is 11.3. The maximum Gasteiger partial charge on any atom is 0.0476 e. The first-order valence-electron chi connectivity index (χ1n) is 10.2. The minimum Gasteiger partial charge on any atom is -0.122 e. The van der Waals surface area contributed by atoms with Crippen molar-refractivity contribution in [3.63, 3.8) is 0 Å². The fourth-order valence-corrected chi connectivity index (χ4v) is 3.85. The molecule has 0 unspecified atom stereocenters. The van der Waals surface area contributed by atoms with Crippen molar-refractivity contribution in [2.75, 3.05) is 0 Å². The molecule has 0 N–H and O–H groups in total. The summed E-state index contributed by atoms with van der Waals surface area (Å²) in [5.74, 6) is 1.20. The highest BCUT2D eigenvalue weighted by Gasteiger charge is 2.09. The fourth-order valence-electron chi connectivity index (χ4n) is 3.35. The molecule has 0 fully saturated rings. The second-order valence-electron chi connectivity index (χ2n) is 6.99. The maximum absolute atomic E-state index is 6.25. The summed E-state index contributed by atoms with van der Waals surface area (Å²) in [6, 6.07) is 4.65. The standard InChI is InChI=1S/C24H36Cl2/c1-3-5-7-9-11-13-15-21-17-24(20-26)22(18-23(21)19-25)16-14-12-10-8-6-4-2/h3-6,17-18H,7-16,19-20H2,1-2H3/b5-3+,6-4+. The van der Waals surface area contributed by atoms with Gasteiger partial charge in [0.05, 0.1) is 0 Å². The number of benzene rings is 1. The number of hydrogen-bond acceptors (Lipinski definition) is 0. The molecule has 2 heteroatoms. The van der Waals surface area contributed by atoms with Gasteiger partial charge in [-0.25, -0.2) is 0 Å². The van der Waals surface area contributed by atoms with Gasteiger partial charge < -0.3 is 0 Å². The third kappa shape index (κ3) is 9.28. The summed E-state index contributed by atoms with van der Waals surface area (Å²) in [7, 11) is 0. The molecule has 0 amide bonds.